The molecule has 18 nitrogen and oxygen atoms in total. The Morgan fingerprint density at radius 2 is 0.941 bits per heavy atom. The zero-order valence-corrected chi connectivity index (χ0v) is 16.1. The molecule has 0 atom stereocenters. The fourth-order valence-corrected chi connectivity index (χ4v) is 2.21. The number of ether oxygens (including phenoxy) is 2. The number of aromatic nitrogens is 8. The monoisotopic (exact) mass is 470 g/mol. The first-order chi connectivity index (χ1) is 16.3. The number of fused-ring (bicyclic) bond motifs is 2. The molecule has 170 valence electrons. The van der Waals surface area contributed by atoms with Crippen LogP contribution in [0, 0.1) is 0 Å². The second-order valence-electron chi connectivity index (χ2n) is 5.72. The van der Waals surface area contributed by atoms with Crippen molar-refractivity contribution in [1.29, 1.82) is 0 Å². The summed E-state index contributed by atoms with van der Waals surface area (Å²) in [6, 6.07) is 0. The van der Waals surface area contributed by atoms with Gasteiger partial charge in [0.1, 0.15) is 36.3 Å². The van der Waals surface area contributed by atoms with Gasteiger partial charge in [0, 0.05) is 0 Å². The minimum Gasteiger partial charge on any atom is -0.376 e. The van der Waals surface area contributed by atoms with Crippen molar-refractivity contribution >= 4 is 58.1 Å². The lowest BCUT2D eigenvalue weighted by Crippen LogP contribution is -2.36. The fourth-order valence-electron chi connectivity index (χ4n) is 2.21. The normalized spacial score (nSPS) is 10.5. The predicted molar refractivity (Wildman–Crippen MR) is 96.0 cm³/mol. The van der Waals surface area contributed by atoms with E-state index in [-0.39, 0.29) is 22.3 Å². The average molecular weight is 470 g/mol. The highest BCUT2D eigenvalue weighted by atomic mass is 16.7. The predicted octanol–water partition coefficient (Wildman–Crippen LogP) is -3.28. The van der Waals surface area contributed by atoms with Gasteiger partial charge in [-0.25, -0.2) is 58.7 Å². The van der Waals surface area contributed by atoms with Gasteiger partial charge in [0.15, 0.2) is 11.3 Å². The Labute approximate surface area is 184 Å². The largest absolute Gasteiger partial charge is 0.442 e. The van der Waals surface area contributed by atoms with Gasteiger partial charge in [-0.1, -0.05) is 0 Å². The SMILES string of the molecule is O=C(OC(=O)C(=O)On1cnc2cncnc21)C(=O)OC(=O)C(=O)On1cnc2cncnc21. The molecule has 0 saturated heterocycles. The van der Waals surface area contributed by atoms with Crippen molar-refractivity contribution in [3.05, 3.63) is 37.7 Å². The standard InChI is InChI=1S/C16H6N8O10/c25-11(31-13(27)15(29)33-23-5-21-7-1-17-3-19-9(7)23)12(26)32-14(28)16(30)34-24-6-22-8-2-18-4-20-10(8)24/h1-6H. The number of hydrogen-bond acceptors (Lipinski definition) is 16. The first-order valence-corrected chi connectivity index (χ1v) is 8.57. The molecule has 0 amide bonds. The highest BCUT2D eigenvalue weighted by Gasteiger charge is 2.32. The highest BCUT2D eigenvalue weighted by molar-refractivity contribution is 6.42. The maximum absolute atomic E-state index is 11.8. The molecule has 4 rings (SSSR count). The van der Waals surface area contributed by atoms with Crippen LogP contribution in [-0.2, 0) is 38.2 Å². The molecule has 0 unspecified atom stereocenters. The number of hydrogen-bond donors (Lipinski definition) is 0. The molecule has 4 aromatic heterocycles. The molecular weight excluding hydrogens is 464 g/mol. The zero-order valence-electron chi connectivity index (χ0n) is 16.1. The van der Waals surface area contributed by atoms with Gasteiger partial charge in [-0.2, -0.15) is 0 Å². The van der Waals surface area contributed by atoms with Crippen LogP contribution in [-0.4, -0.2) is 75.2 Å². The summed E-state index contributed by atoms with van der Waals surface area (Å²) in [6.45, 7) is 0. The first kappa shape index (κ1) is 21.5. The van der Waals surface area contributed by atoms with Crippen LogP contribution in [0.4, 0.5) is 0 Å². The Morgan fingerprint density at radius 1 is 0.559 bits per heavy atom. The van der Waals surface area contributed by atoms with Crippen LogP contribution in [0.5, 0.6) is 0 Å². The molecule has 0 aliphatic rings. The lowest BCUT2D eigenvalue weighted by molar-refractivity contribution is -0.184. The minimum atomic E-state index is -2.10. The van der Waals surface area contributed by atoms with E-state index in [1.165, 1.54) is 12.4 Å². The highest BCUT2D eigenvalue weighted by Crippen LogP contribution is 2.06. The van der Waals surface area contributed by atoms with E-state index < -0.39 is 35.8 Å². The average Bonchev–Trinajstić information content (AvgIpc) is 3.43. The van der Waals surface area contributed by atoms with E-state index in [0.29, 0.717) is 9.46 Å². The van der Waals surface area contributed by atoms with Crippen LogP contribution in [0.25, 0.3) is 22.3 Å². The van der Waals surface area contributed by atoms with Crippen molar-refractivity contribution in [3.63, 3.8) is 0 Å². The summed E-state index contributed by atoms with van der Waals surface area (Å²) >= 11 is 0. The van der Waals surface area contributed by atoms with Crippen LogP contribution < -0.4 is 9.68 Å². The number of esters is 4. The Balaban J connectivity index is 1.30. The topological polar surface area (TPSA) is 227 Å². The number of rotatable bonds is 2. The van der Waals surface area contributed by atoms with Gasteiger partial charge < -0.3 is 19.1 Å². The van der Waals surface area contributed by atoms with E-state index in [1.807, 2.05) is 0 Å². The Kier molecular flexibility index (Phi) is 5.59. The molecule has 4 heterocycles. The maximum atomic E-state index is 11.8. The Hall–Kier alpha value is -5.68. The first-order valence-electron chi connectivity index (χ1n) is 8.57. The van der Waals surface area contributed by atoms with Crippen molar-refractivity contribution in [3.8, 4) is 0 Å². The zero-order chi connectivity index (χ0) is 24.2. The Morgan fingerprint density at radius 3 is 1.35 bits per heavy atom. The molecule has 34 heavy (non-hydrogen) atoms. The van der Waals surface area contributed by atoms with Crippen molar-refractivity contribution in [1.82, 2.24) is 39.4 Å². The van der Waals surface area contributed by atoms with Gasteiger partial charge in [-0.05, 0) is 0 Å². The number of nitrogens with zero attached hydrogens (tertiary/aromatic N) is 8. The molecule has 0 aliphatic carbocycles. The van der Waals surface area contributed by atoms with Crippen LogP contribution in [0.3, 0.4) is 0 Å². The summed E-state index contributed by atoms with van der Waals surface area (Å²) < 4.78 is 9.25. The van der Waals surface area contributed by atoms with Crippen LogP contribution in [0.1, 0.15) is 0 Å². The molecule has 0 fully saturated rings. The van der Waals surface area contributed by atoms with E-state index in [0.717, 1.165) is 25.3 Å². The molecule has 0 radical (unpaired) electrons. The number of carbonyl (C=O) groups excluding carboxylic acids is 6. The molecule has 0 N–H and O–H groups in total. The lowest BCUT2D eigenvalue weighted by atomic mass is 10.6. The van der Waals surface area contributed by atoms with Gasteiger partial charge >= 0.3 is 35.8 Å². The molecule has 0 aromatic carbocycles. The summed E-state index contributed by atoms with van der Waals surface area (Å²) in [5.41, 5.74) is 0.431. The van der Waals surface area contributed by atoms with Crippen molar-refractivity contribution in [2.45, 2.75) is 0 Å². The van der Waals surface area contributed by atoms with Crippen LogP contribution in [0.2, 0.25) is 0 Å². The summed E-state index contributed by atoms with van der Waals surface area (Å²) in [5.74, 6) is -11.6. The summed E-state index contributed by atoms with van der Waals surface area (Å²) in [6.07, 6.45) is 6.74. The summed E-state index contributed by atoms with van der Waals surface area (Å²) in [4.78, 5) is 102. The third kappa shape index (κ3) is 4.34. The molecule has 18 heteroatoms. The second-order valence-corrected chi connectivity index (χ2v) is 5.72. The van der Waals surface area contributed by atoms with E-state index >= 15 is 0 Å². The van der Waals surface area contributed by atoms with Gasteiger partial charge in [0.25, 0.3) is 0 Å². The molecular formula is C16H6N8O10. The summed E-state index contributed by atoms with van der Waals surface area (Å²) in [5, 5.41) is 0. The van der Waals surface area contributed by atoms with Crippen molar-refractivity contribution in [2.24, 2.45) is 0 Å². The number of carbonyl (C=O) groups is 6. The van der Waals surface area contributed by atoms with E-state index in [2.05, 4.69) is 49.1 Å². The van der Waals surface area contributed by atoms with Gasteiger partial charge in [-0.15, -0.1) is 9.46 Å². The van der Waals surface area contributed by atoms with E-state index in [4.69, 9.17) is 0 Å². The van der Waals surface area contributed by atoms with E-state index in [9.17, 15) is 28.8 Å². The minimum absolute atomic E-state index is 0.00290. The molecule has 0 spiro atoms. The van der Waals surface area contributed by atoms with Gasteiger partial charge in [0.2, 0.25) is 0 Å². The Bertz CT molecular complexity index is 1380. The summed E-state index contributed by atoms with van der Waals surface area (Å²) in [7, 11) is 0. The fraction of sp³-hybridized carbons (Fsp3) is 0. The molecule has 0 bridgehead atoms. The quantitative estimate of drug-likeness (QED) is 0.159. The third-order valence-corrected chi connectivity index (χ3v) is 3.60. The number of imidazole rings is 2. The van der Waals surface area contributed by atoms with Crippen molar-refractivity contribution in [2.75, 3.05) is 0 Å². The van der Waals surface area contributed by atoms with Gasteiger partial charge in [-0.3, -0.25) is 0 Å². The lowest BCUT2D eigenvalue weighted by Gasteiger charge is -2.05. The maximum Gasteiger partial charge on any atom is 0.442 e. The van der Waals surface area contributed by atoms with Crippen LogP contribution in [0.15, 0.2) is 37.7 Å². The molecule has 0 aliphatic heterocycles. The smallest absolute Gasteiger partial charge is 0.376 e. The van der Waals surface area contributed by atoms with Crippen LogP contribution >= 0.6 is 0 Å². The second kappa shape index (κ2) is 8.82. The third-order valence-electron chi connectivity index (χ3n) is 3.60. The van der Waals surface area contributed by atoms with Gasteiger partial charge in [0.05, 0.1) is 12.4 Å². The molecule has 4 aromatic rings. The van der Waals surface area contributed by atoms with Crippen molar-refractivity contribution < 1.29 is 47.9 Å². The van der Waals surface area contributed by atoms with E-state index in [1.54, 1.807) is 0 Å². The molecule has 0 saturated carbocycles.